The standard InChI is InChI=1S/C75H134O6/c1-4-7-10-13-16-19-22-25-28-31-34-36-37-39-41-44-47-50-53-56-59-62-65-68-74(77)80-71-72(70-79-73(76)67-64-61-58-55-52-49-46-43-40-33-30-27-24-21-18-15-12-9-6-3)81-75(78)69-66-63-60-57-54-51-48-45-42-38-35-32-29-26-23-20-17-14-11-8-5-2/h8,11,17,20,26-27,29-31,34-35,38,72H,4-7,9-10,12-16,18-19,21-25,28,32-33,36-37,39-71H2,1-3H3/b11-8-,20-17-,29-26-,30-27-,34-31-,38-35-. The van der Waals surface area contributed by atoms with Gasteiger partial charge in [-0.1, -0.05) is 312 Å². The molecule has 0 fully saturated rings. The summed E-state index contributed by atoms with van der Waals surface area (Å²) in [5, 5.41) is 0. The number of esters is 3. The van der Waals surface area contributed by atoms with Gasteiger partial charge < -0.3 is 14.2 Å². The summed E-state index contributed by atoms with van der Waals surface area (Å²) in [6.07, 6.45) is 90.6. The zero-order valence-electron chi connectivity index (χ0n) is 54.1. The predicted octanol–water partition coefficient (Wildman–Crippen LogP) is 24.4. The fraction of sp³-hybridized carbons (Fsp3) is 0.800. The molecule has 0 amide bonds. The Bertz CT molecular complexity index is 1490. The van der Waals surface area contributed by atoms with E-state index in [0.717, 1.165) is 89.9 Å². The second kappa shape index (κ2) is 69.3. The van der Waals surface area contributed by atoms with Crippen LogP contribution in [0, 0.1) is 0 Å². The van der Waals surface area contributed by atoms with Crippen LogP contribution in [0.15, 0.2) is 72.9 Å². The number of rotatable bonds is 65. The van der Waals surface area contributed by atoms with Crippen LogP contribution in [-0.4, -0.2) is 37.2 Å². The zero-order chi connectivity index (χ0) is 58.5. The van der Waals surface area contributed by atoms with Gasteiger partial charge in [-0.25, -0.2) is 0 Å². The van der Waals surface area contributed by atoms with E-state index < -0.39 is 6.10 Å². The van der Waals surface area contributed by atoms with E-state index in [4.69, 9.17) is 14.2 Å². The first-order valence-corrected chi connectivity index (χ1v) is 35.4. The number of hydrogen-bond donors (Lipinski definition) is 0. The normalized spacial score (nSPS) is 12.5. The van der Waals surface area contributed by atoms with Crippen molar-refractivity contribution >= 4 is 17.9 Å². The molecule has 0 heterocycles. The molecule has 0 bridgehead atoms. The van der Waals surface area contributed by atoms with Gasteiger partial charge in [0.1, 0.15) is 13.2 Å². The van der Waals surface area contributed by atoms with Crippen molar-refractivity contribution in [3.05, 3.63) is 72.9 Å². The lowest BCUT2D eigenvalue weighted by Crippen LogP contribution is -2.30. The van der Waals surface area contributed by atoms with Crippen LogP contribution in [0.5, 0.6) is 0 Å². The van der Waals surface area contributed by atoms with Gasteiger partial charge in [-0.15, -0.1) is 0 Å². The van der Waals surface area contributed by atoms with Crippen molar-refractivity contribution in [2.24, 2.45) is 0 Å². The van der Waals surface area contributed by atoms with Crippen molar-refractivity contribution in [3.8, 4) is 0 Å². The summed E-state index contributed by atoms with van der Waals surface area (Å²) in [4.78, 5) is 38.5. The first-order chi connectivity index (χ1) is 40.0. The van der Waals surface area contributed by atoms with Gasteiger partial charge >= 0.3 is 17.9 Å². The van der Waals surface area contributed by atoms with Crippen LogP contribution >= 0.6 is 0 Å². The molecule has 81 heavy (non-hydrogen) atoms. The molecular weight excluding hydrogens is 997 g/mol. The fourth-order valence-electron chi connectivity index (χ4n) is 10.4. The smallest absolute Gasteiger partial charge is 0.306 e. The molecule has 0 saturated heterocycles. The van der Waals surface area contributed by atoms with Gasteiger partial charge in [-0.2, -0.15) is 0 Å². The molecule has 0 aromatic carbocycles. The van der Waals surface area contributed by atoms with Gasteiger partial charge in [0, 0.05) is 19.3 Å². The number of carbonyl (C=O) groups excluding carboxylic acids is 3. The number of carbonyl (C=O) groups is 3. The van der Waals surface area contributed by atoms with Gasteiger partial charge in [0.05, 0.1) is 0 Å². The molecule has 0 spiro atoms. The molecule has 0 aromatic rings. The van der Waals surface area contributed by atoms with E-state index in [9.17, 15) is 14.4 Å². The van der Waals surface area contributed by atoms with E-state index in [1.54, 1.807) is 0 Å². The summed E-state index contributed by atoms with van der Waals surface area (Å²) in [5.41, 5.74) is 0. The van der Waals surface area contributed by atoms with E-state index in [1.165, 1.54) is 238 Å². The third-order valence-electron chi connectivity index (χ3n) is 15.7. The highest BCUT2D eigenvalue weighted by molar-refractivity contribution is 5.71. The minimum Gasteiger partial charge on any atom is -0.462 e. The average Bonchev–Trinajstić information content (AvgIpc) is 3.47. The van der Waals surface area contributed by atoms with Crippen LogP contribution in [-0.2, 0) is 28.6 Å². The van der Waals surface area contributed by atoms with Crippen LogP contribution in [0.1, 0.15) is 367 Å². The molecule has 0 N–H and O–H groups in total. The zero-order valence-corrected chi connectivity index (χ0v) is 54.1. The minimum absolute atomic E-state index is 0.0772. The maximum atomic E-state index is 13.0. The lowest BCUT2D eigenvalue weighted by Gasteiger charge is -2.18. The molecule has 470 valence electrons. The van der Waals surface area contributed by atoms with Gasteiger partial charge in [0.25, 0.3) is 0 Å². The first kappa shape index (κ1) is 77.9. The SMILES string of the molecule is CC/C=C\C/C=C\C/C=C\C/C=C\CCCCCCCCCCC(=O)OC(COC(=O)CCCCCCCCCCC/C=C\CCCCCCCC)COC(=O)CCCCCCCCCCCCC/C=C\CCCCCCCCCC. The minimum atomic E-state index is -0.783. The van der Waals surface area contributed by atoms with E-state index in [2.05, 4.69) is 93.7 Å². The van der Waals surface area contributed by atoms with E-state index in [-0.39, 0.29) is 31.1 Å². The molecule has 6 heteroatoms. The molecule has 0 radical (unpaired) electrons. The van der Waals surface area contributed by atoms with Crippen LogP contribution < -0.4 is 0 Å². The topological polar surface area (TPSA) is 78.9 Å². The van der Waals surface area contributed by atoms with Gasteiger partial charge in [-0.05, 0) is 109 Å². The van der Waals surface area contributed by atoms with Crippen LogP contribution in [0.4, 0.5) is 0 Å². The second-order valence-corrected chi connectivity index (χ2v) is 23.8. The second-order valence-electron chi connectivity index (χ2n) is 23.8. The highest BCUT2D eigenvalue weighted by atomic mass is 16.6. The first-order valence-electron chi connectivity index (χ1n) is 35.4. The summed E-state index contributed by atoms with van der Waals surface area (Å²) in [6, 6.07) is 0. The Labute approximate surface area is 503 Å². The fourth-order valence-corrected chi connectivity index (χ4v) is 10.4. The average molecular weight is 1130 g/mol. The molecule has 1 unspecified atom stereocenters. The Kier molecular flexibility index (Phi) is 66.6. The third-order valence-corrected chi connectivity index (χ3v) is 15.7. The molecule has 0 aromatic heterocycles. The molecular formula is C75H134O6. The predicted molar refractivity (Wildman–Crippen MR) is 353 cm³/mol. The van der Waals surface area contributed by atoms with E-state index >= 15 is 0 Å². The summed E-state index contributed by atoms with van der Waals surface area (Å²) < 4.78 is 17.0. The van der Waals surface area contributed by atoms with Crippen molar-refractivity contribution < 1.29 is 28.6 Å². The summed E-state index contributed by atoms with van der Waals surface area (Å²) in [5.74, 6) is -0.867. The van der Waals surface area contributed by atoms with E-state index in [1.807, 2.05) is 0 Å². The van der Waals surface area contributed by atoms with Crippen molar-refractivity contribution in [3.63, 3.8) is 0 Å². The van der Waals surface area contributed by atoms with Crippen molar-refractivity contribution in [1.29, 1.82) is 0 Å². The Hall–Kier alpha value is -3.15. The van der Waals surface area contributed by atoms with E-state index in [0.29, 0.717) is 19.3 Å². The Morgan fingerprint density at radius 2 is 0.481 bits per heavy atom. The molecule has 6 nitrogen and oxygen atoms in total. The number of unbranched alkanes of at least 4 members (excludes halogenated alkanes) is 42. The largest absolute Gasteiger partial charge is 0.462 e. The lowest BCUT2D eigenvalue weighted by atomic mass is 10.0. The molecule has 0 aliphatic rings. The molecule has 0 saturated carbocycles. The van der Waals surface area contributed by atoms with Crippen LogP contribution in [0.3, 0.4) is 0 Å². The molecule has 0 aliphatic heterocycles. The summed E-state index contributed by atoms with van der Waals surface area (Å²) in [7, 11) is 0. The Morgan fingerprint density at radius 1 is 0.259 bits per heavy atom. The quantitative estimate of drug-likeness (QED) is 0.0261. The maximum Gasteiger partial charge on any atom is 0.306 e. The van der Waals surface area contributed by atoms with Crippen molar-refractivity contribution in [2.45, 2.75) is 374 Å². The third kappa shape index (κ3) is 67.5. The lowest BCUT2D eigenvalue weighted by molar-refractivity contribution is -0.167. The Balaban J connectivity index is 4.36. The number of allylic oxidation sites excluding steroid dienone is 12. The monoisotopic (exact) mass is 1130 g/mol. The molecule has 0 rings (SSSR count). The van der Waals surface area contributed by atoms with Crippen LogP contribution in [0.2, 0.25) is 0 Å². The molecule has 1 atom stereocenters. The van der Waals surface area contributed by atoms with Crippen molar-refractivity contribution in [1.82, 2.24) is 0 Å². The summed E-state index contributed by atoms with van der Waals surface area (Å²) in [6.45, 7) is 6.57. The Morgan fingerprint density at radius 3 is 0.765 bits per heavy atom. The molecule has 0 aliphatic carbocycles. The highest BCUT2D eigenvalue weighted by Gasteiger charge is 2.19. The van der Waals surface area contributed by atoms with Gasteiger partial charge in [0.2, 0.25) is 0 Å². The van der Waals surface area contributed by atoms with Crippen LogP contribution in [0.25, 0.3) is 0 Å². The summed E-state index contributed by atoms with van der Waals surface area (Å²) >= 11 is 0. The van der Waals surface area contributed by atoms with Crippen molar-refractivity contribution in [2.75, 3.05) is 13.2 Å². The maximum absolute atomic E-state index is 13.0. The number of hydrogen-bond acceptors (Lipinski definition) is 6. The van der Waals surface area contributed by atoms with Gasteiger partial charge in [0.15, 0.2) is 6.10 Å². The number of ether oxygens (including phenoxy) is 3. The highest BCUT2D eigenvalue weighted by Crippen LogP contribution is 2.17. The van der Waals surface area contributed by atoms with Gasteiger partial charge in [-0.3, -0.25) is 14.4 Å².